The molecule has 0 aliphatic rings. The Bertz CT molecular complexity index is 1040. The Labute approximate surface area is 166 Å². The van der Waals surface area contributed by atoms with E-state index >= 15 is 0 Å². The van der Waals surface area contributed by atoms with Crippen LogP contribution in [0.4, 0.5) is 5.82 Å². The minimum Gasteiger partial charge on any atom is -0.360 e. The third-order valence-corrected chi connectivity index (χ3v) is 4.19. The second-order valence-corrected chi connectivity index (χ2v) is 6.78. The summed E-state index contributed by atoms with van der Waals surface area (Å²) in [6, 6.07) is 6.74. The lowest BCUT2D eigenvalue weighted by Crippen LogP contribution is -2.35. The van der Waals surface area contributed by atoms with E-state index in [0.29, 0.717) is 11.6 Å². The van der Waals surface area contributed by atoms with E-state index in [1.54, 1.807) is 29.8 Å². The Kier molecular flexibility index (Phi) is 5.46. The highest BCUT2D eigenvalue weighted by atomic mass is 35.5. The Morgan fingerprint density at radius 2 is 2.00 bits per heavy atom. The van der Waals surface area contributed by atoms with Crippen LogP contribution >= 0.6 is 11.6 Å². The molecule has 0 atom stereocenters. The van der Waals surface area contributed by atoms with Crippen molar-refractivity contribution in [2.75, 3.05) is 18.9 Å². The van der Waals surface area contributed by atoms with Gasteiger partial charge in [0.1, 0.15) is 11.5 Å². The highest BCUT2D eigenvalue weighted by molar-refractivity contribution is 6.33. The number of carbonyl (C=O) groups excluding carboxylic acids is 2. The van der Waals surface area contributed by atoms with Crippen LogP contribution in [0.3, 0.4) is 0 Å². The van der Waals surface area contributed by atoms with Gasteiger partial charge in [0.25, 0.3) is 5.91 Å². The fraction of sp³-hybridized carbons (Fsp3) is 0.278. The third-order valence-electron chi connectivity index (χ3n) is 3.88. The molecule has 146 valence electrons. The molecule has 9 nitrogen and oxygen atoms in total. The van der Waals surface area contributed by atoms with Gasteiger partial charge >= 0.3 is 0 Å². The van der Waals surface area contributed by atoms with E-state index in [1.807, 2.05) is 19.9 Å². The third kappa shape index (κ3) is 4.20. The lowest BCUT2D eigenvalue weighted by molar-refractivity contribution is -0.116. The van der Waals surface area contributed by atoms with Crippen LogP contribution in [-0.2, 0) is 4.79 Å². The number of amides is 2. The predicted octanol–water partition coefficient (Wildman–Crippen LogP) is 2.54. The van der Waals surface area contributed by atoms with Gasteiger partial charge in [-0.15, -0.1) is 0 Å². The molecule has 0 radical (unpaired) electrons. The molecular weight excluding hydrogens is 384 g/mol. The van der Waals surface area contributed by atoms with Crippen LogP contribution in [0.1, 0.15) is 27.6 Å². The summed E-state index contributed by atoms with van der Waals surface area (Å²) < 4.78 is 6.52. The maximum Gasteiger partial charge on any atom is 0.274 e. The van der Waals surface area contributed by atoms with Crippen molar-refractivity contribution < 1.29 is 14.1 Å². The van der Waals surface area contributed by atoms with E-state index in [0.717, 1.165) is 11.4 Å². The number of aromatic nitrogens is 4. The molecule has 3 rings (SSSR count). The molecule has 0 fully saturated rings. The summed E-state index contributed by atoms with van der Waals surface area (Å²) in [5.41, 5.74) is 1.75. The minimum atomic E-state index is -0.486. The summed E-state index contributed by atoms with van der Waals surface area (Å²) in [4.78, 5) is 30.5. The average molecular weight is 403 g/mol. The van der Waals surface area contributed by atoms with Crippen LogP contribution < -0.4 is 5.32 Å². The fourth-order valence-corrected chi connectivity index (χ4v) is 2.82. The molecule has 0 spiro atoms. The average Bonchev–Trinajstić information content (AvgIpc) is 3.19. The summed E-state index contributed by atoms with van der Waals surface area (Å²) in [6.07, 6.45) is 0. The van der Waals surface area contributed by atoms with E-state index < -0.39 is 11.8 Å². The van der Waals surface area contributed by atoms with Gasteiger partial charge in [-0.05, 0) is 39.0 Å². The molecule has 0 bridgehead atoms. The highest BCUT2D eigenvalue weighted by Gasteiger charge is 2.21. The lowest BCUT2D eigenvalue weighted by Gasteiger charge is -2.17. The van der Waals surface area contributed by atoms with Crippen LogP contribution in [0.5, 0.6) is 0 Å². The molecule has 0 unspecified atom stereocenters. The number of rotatable bonds is 5. The first-order valence-corrected chi connectivity index (χ1v) is 8.81. The van der Waals surface area contributed by atoms with Gasteiger partial charge in [0.05, 0.1) is 17.3 Å². The zero-order chi connectivity index (χ0) is 20.4. The molecule has 0 aliphatic carbocycles. The van der Waals surface area contributed by atoms with E-state index in [2.05, 4.69) is 20.6 Å². The van der Waals surface area contributed by atoms with Crippen molar-refractivity contribution in [2.24, 2.45) is 0 Å². The quantitative estimate of drug-likeness (QED) is 0.702. The van der Waals surface area contributed by atoms with Gasteiger partial charge in [-0.25, -0.2) is 9.67 Å². The molecule has 10 heteroatoms. The number of anilines is 1. The van der Waals surface area contributed by atoms with Crippen molar-refractivity contribution in [3.8, 4) is 5.82 Å². The number of nitrogens with one attached hydrogen (secondary N) is 1. The normalized spacial score (nSPS) is 10.8. The number of halogens is 1. The van der Waals surface area contributed by atoms with Crippen LogP contribution in [-0.4, -0.2) is 50.2 Å². The van der Waals surface area contributed by atoms with E-state index in [9.17, 15) is 9.59 Å². The lowest BCUT2D eigenvalue weighted by atomic mass is 10.3. The molecule has 0 saturated heterocycles. The van der Waals surface area contributed by atoms with Gasteiger partial charge < -0.3 is 14.7 Å². The van der Waals surface area contributed by atoms with Crippen LogP contribution in [0.2, 0.25) is 5.02 Å². The van der Waals surface area contributed by atoms with Gasteiger partial charge in [0, 0.05) is 18.8 Å². The molecule has 28 heavy (non-hydrogen) atoms. The van der Waals surface area contributed by atoms with Gasteiger partial charge in [-0.2, -0.15) is 5.10 Å². The maximum atomic E-state index is 12.8. The monoisotopic (exact) mass is 402 g/mol. The summed E-state index contributed by atoms with van der Waals surface area (Å²) >= 11 is 6.17. The van der Waals surface area contributed by atoms with Crippen molar-refractivity contribution >= 4 is 29.2 Å². The second-order valence-electron chi connectivity index (χ2n) is 6.37. The maximum absolute atomic E-state index is 12.8. The van der Waals surface area contributed by atoms with E-state index in [-0.39, 0.29) is 23.1 Å². The number of nitrogens with zero attached hydrogens (tertiary/aromatic N) is 5. The molecule has 2 amide bonds. The number of likely N-dealkylation sites (N-methyl/N-ethyl adjacent to an activating group) is 1. The molecule has 3 heterocycles. The molecular formula is C18H19ClN6O3. The van der Waals surface area contributed by atoms with Crippen LogP contribution in [0.25, 0.3) is 5.82 Å². The molecule has 1 N–H and O–H groups in total. The Balaban J connectivity index is 1.76. The second kappa shape index (κ2) is 7.81. The first-order valence-electron chi connectivity index (χ1n) is 8.43. The summed E-state index contributed by atoms with van der Waals surface area (Å²) in [7, 11) is 1.49. The van der Waals surface area contributed by atoms with E-state index in [1.165, 1.54) is 11.9 Å². The highest BCUT2D eigenvalue weighted by Crippen LogP contribution is 2.19. The molecule has 0 aliphatic heterocycles. The first-order chi connectivity index (χ1) is 13.2. The summed E-state index contributed by atoms with van der Waals surface area (Å²) in [5.74, 6) is 0.409. The molecule has 0 aromatic carbocycles. The number of hydrogen-bond donors (Lipinski definition) is 1. The van der Waals surface area contributed by atoms with Crippen molar-refractivity contribution in [2.45, 2.75) is 20.8 Å². The zero-order valence-electron chi connectivity index (χ0n) is 15.9. The fourth-order valence-electron chi connectivity index (χ4n) is 2.64. The standard InChI is InChI=1S/C18H19ClN6O3/c1-10-7-11(2)25(22-10)15-6-5-13(19)17(21-15)18(27)24(4)9-16(26)20-14-8-12(3)28-23-14/h5-8H,9H2,1-4H3,(H,20,23,26). The van der Waals surface area contributed by atoms with Crippen molar-refractivity contribution in [3.63, 3.8) is 0 Å². The van der Waals surface area contributed by atoms with Gasteiger partial charge in [-0.1, -0.05) is 16.8 Å². The number of pyridine rings is 1. The SMILES string of the molecule is Cc1cc(C)n(-c2ccc(Cl)c(C(=O)N(C)CC(=O)Nc3cc(C)on3)n2)n1. The van der Waals surface area contributed by atoms with Gasteiger partial charge in [0.2, 0.25) is 5.91 Å². The van der Waals surface area contributed by atoms with Crippen molar-refractivity contribution in [1.82, 2.24) is 24.8 Å². The largest absolute Gasteiger partial charge is 0.360 e. The van der Waals surface area contributed by atoms with Crippen molar-refractivity contribution in [3.05, 3.63) is 52.1 Å². The van der Waals surface area contributed by atoms with Gasteiger partial charge in [0.15, 0.2) is 11.6 Å². The molecule has 3 aromatic rings. The topological polar surface area (TPSA) is 106 Å². The minimum absolute atomic E-state index is 0.0410. The van der Waals surface area contributed by atoms with Crippen LogP contribution in [0, 0.1) is 20.8 Å². The first kappa shape index (κ1) is 19.6. The number of hydrogen-bond acceptors (Lipinski definition) is 6. The molecule has 3 aromatic heterocycles. The Morgan fingerprint density at radius 3 is 2.61 bits per heavy atom. The number of carbonyl (C=O) groups is 2. The molecule has 0 saturated carbocycles. The summed E-state index contributed by atoms with van der Waals surface area (Å²) in [5, 5.41) is 10.8. The van der Waals surface area contributed by atoms with Crippen LogP contribution in [0.15, 0.2) is 28.8 Å². The summed E-state index contributed by atoms with van der Waals surface area (Å²) in [6.45, 7) is 5.27. The van der Waals surface area contributed by atoms with Crippen molar-refractivity contribution in [1.29, 1.82) is 0 Å². The Morgan fingerprint density at radius 1 is 1.25 bits per heavy atom. The number of aryl methyl sites for hydroxylation is 3. The zero-order valence-corrected chi connectivity index (χ0v) is 16.6. The van der Waals surface area contributed by atoms with Gasteiger partial charge in [-0.3, -0.25) is 9.59 Å². The Hall–Kier alpha value is -3.20. The van der Waals surface area contributed by atoms with E-state index in [4.69, 9.17) is 16.1 Å². The predicted molar refractivity (Wildman–Crippen MR) is 103 cm³/mol. The smallest absolute Gasteiger partial charge is 0.274 e.